The third-order valence-corrected chi connectivity index (χ3v) is 3.80. The normalized spacial score (nSPS) is 17.0. The van der Waals surface area contributed by atoms with Crippen LogP contribution in [-0.2, 0) is 10.2 Å². The highest BCUT2D eigenvalue weighted by atomic mass is 19.1. The summed E-state index contributed by atoms with van der Waals surface area (Å²) in [4.78, 5) is 11.8. The lowest BCUT2D eigenvalue weighted by atomic mass is 9.65. The van der Waals surface area contributed by atoms with Gasteiger partial charge in [-0.05, 0) is 57.4 Å². The fourth-order valence-corrected chi connectivity index (χ4v) is 2.55. The first kappa shape index (κ1) is 15.8. The Morgan fingerprint density at radius 1 is 1.43 bits per heavy atom. The Hall–Kier alpha value is -1.62. The number of aliphatic hydroxyl groups is 1. The molecule has 2 rings (SSSR count). The highest BCUT2D eigenvalue weighted by Gasteiger charge is 2.40. The molecule has 1 aromatic carbocycles. The van der Waals surface area contributed by atoms with Crippen molar-refractivity contribution in [2.24, 2.45) is 0 Å². The zero-order valence-corrected chi connectivity index (χ0v) is 12.7. The zero-order chi connectivity index (χ0) is 15.7. The standard InChI is InChI=1S/C16H22FNO3/c1-15(2,3)21-14(20)18-11-5-6-13(17)12(9-11)16(10-19)7-4-8-16/h5-6,9,19H,4,7-8,10H2,1-3H3,(H,18,20). The van der Waals surface area contributed by atoms with E-state index in [2.05, 4.69) is 5.32 Å². The van der Waals surface area contributed by atoms with E-state index in [-0.39, 0.29) is 12.4 Å². The summed E-state index contributed by atoms with van der Waals surface area (Å²) < 4.78 is 19.2. The number of carbonyl (C=O) groups is 1. The minimum absolute atomic E-state index is 0.0835. The Labute approximate surface area is 124 Å². The van der Waals surface area contributed by atoms with Crippen molar-refractivity contribution < 1.29 is 19.0 Å². The summed E-state index contributed by atoms with van der Waals surface area (Å²) >= 11 is 0. The third-order valence-electron chi connectivity index (χ3n) is 3.80. The molecular formula is C16H22FNO3. The van der Waals surface area contributed by atoms with Crippen LogP contribution < -0.4 is 5.32 Å². The zero-order valence-electron chi connectivity index (χ0n) is 12.7. The molecule has 0 spiro atoms. The van der Waals surface area contributed by atoms with Gasteiger partial charge in [0.05, 0.1) is 6.61 Å². The first-order valence-electron chi connectivity index (χ1n) is 7.17. The molecule has 0 atom stereocenters. The van der Waals surface area contributed by atoms with E-state index in [1.807, 2.05) is 0 Å². The number of amides is 1. The second-order valence-corrected chi connectivity index (χ2v) is 6.61. The minimum Gasteiger partial charge on any atom is -0.444 e. The van der Waals surface area contributed by atoms with Crippen LogP contribution in [-0.4, -0.2) is 23.4 Å². The maximum absolute atomic E-state index is 14.0. The molecule has 116 valence electrons. The molecular weight excluding hydrogens is 273 g/mol. The molecule has 0 heterocycles. The van der Waals surface area contributed by atoms with Gasteiger partial charge in [-0.2, -0.15) is 0 Å². The number of rotatable bonds is 3. The van der Waals surface area contributed by atoms with E-state index in [0.29, 0.717) is 11.3 Å². The fourth-order valence-electron chi connectivity index (χ4n) is 2.55. The molecule has 0 aliphatic heterocycles. The maximum atomic E-state index is 14.0. The van der Waals surface area contributed by atoms with Gasteiger partial charge < -0.3 is 9.84 Å². The minimum atomic E-state index is -0.590. The second kappa shape index (κ2) is 5.64. The molecule has 1 aromatic rings. The number of benzene rings is 1. The van der Waals surface area contributed by atoms with E-state index in [1.165, 1.54) is 12.1 Å². The number of ether oxygens (including phenoxy) is 1. The number of hydrogen-bond acceptors (Lipinski definition) is 3. The topological polar surface area (TPSA) is 58.6 Å². The molecule has 5 heteroatoms. The summed E-state index contributed by atoms with van der Waals surface area (Å²) in [6, 6.07) is 4.40. The van der Waals surface area contributed by atoms with Gasteiger partial charge in [0.1, 0.15) is 11.4 Å². The first-order valence-corrected chi connectivity index (χ1v) is 7.17. The summed E-state index contributed by atoms with van der Waals surface area (Å²) in [6.45, 7) is 5.24. The van der Waals surface area contributed by atoms with Gasteiger partial charge >= 0.3 is 6.09 Å². The molecule has 0 aromatic heterocycles. The van der Waals surface area contributed by atoms with E-state index in [9.17, 15) is 14.3 Å². The lowest BCUT2D eigenvalue weighted by Crippen LogP contribution is -2.38. The third kappa shape index (κ3) is 3.53. The van der Waals surface area contributed by atoms with Crippen LogP contribution >= 0.6 is 0 Å². The SMILES string of the molecule is CC(C)(C)OC(=O)Nc1ccc(F)c(C2(CO)CCC2)c1. The Morgan fingerprint density at radius 2 is 2.10 bits per heavy atom. The predicted octanol–water partition coefficient (Wildman–Crippen LogP) is 3.59. The van der Waals surface area contributed by atoms with Crippen LogP contribution in [0.5, 0.6) is 0 Å². The molecule has 4 nitrogen and oxygen atoms in total. The summed E-state index contributed by atoms with van der Waals surface area (Å²) in [5.74, 6) is -0.349. The second-order valence-electron chi connectivity index (χ2n) is 6.61. The lowest BCUT2D eigenvalue weighted by Gasteiger charge is -2.41. The molecule has 1 aliphatic carbocycles. The molecule has 1 amide bonds. The van der Waals surface area contributed by atoms with Crippen molar-refractivity contribution >= 4 is 11.8 Å². The van der Waals surface area contributed by atoms with Crippen molar-refractivity contribution in [1.29, 1.82) is 0 Å². The van der Waals surface area contributed by atoms with Crippen LogP contribution in [0.25, 0.3) is 0 Å². The van der Waals surface area contributed by atoms with Crippen molar-refractivity contribution in [2.45, 2.75) is 51.0 Å². The largest absolute Gasteiger partial charge is 0.444 e. The molecule has 1 saturated carbocycles. The summed E-state index contributed by atoms with van der Waals surface area (Å²) in [7, 11) is 0. The molecule has 2 N–H and O–H groups in total. The van der Waals surface area contributed by atoms with E-state index in [0.717, 1.165) is 19.3 Å². The van der Waals surface area contributed by atoms with Crippen molar-refractivity contribution in [3.63, 3.8) is 0 Å². The molecule has 1 aliphatic rings. The fraction of sp³-hybridized carbons (Fsp3) is 0.562. The first-order chi connectivity index (χ1) is 9.76. The molecule has 0 bridgehead atoms. The lowest BCUT2D eigenvalue weighted by molar-refractivity contribution is 0.0636. The van der Waals surface area contributed by atoms with Gasteiger partial charge in [-0.1, -0.05) is 6.42 Å². The van der Waals surface area contributed by atoms with Gasteiger partial charge in [-0.3, -0.25) is 5.32 Å². The number of hydrogen-bond donors (Lipinski definition) is 2. The van der Waals surface area contributed by atoms with Gasteiger partial charge in [0.25, 0.3) is 0 Å². The summed E-state index contributed by atoms with van der Waals surface area (Å²) in [5, 5.41) is 12.2. The number of carbonyl (C=O) groups excluding carboxylic acids is 1. The number of anilines is 1. The van der Waals surface area contributed by atoms with Gasteiger partial charge in [0.2, 0.25) is 0 Å². The van der Waals surface area contributed by atoms with E-state index in [4.69, 9.17) is 4.74 Å². The molecule has 0 saturated heterocycles. The predicted molar refractivity (Wildman–Crippen MR) is 78.9 cm³/mol. The molecule has 1 fully saturated rings. The molecule has 21 heavy (non-hydrogen) atoms. The van der Waals surface area contributed by atoms with Gasteiger partial charge in [0.15, 0.2) is 0 Å². The van der Waals surface area contributed by atoms with Crippen LogP contribution in [0.2, 0.25) is 0 Å². The average Bonchev–Trinajstić information content (AvgIpc) is 2.30. The van der Waals surface area contributed by atoms with Crippen LogP contribution in [0.1, 0.15) is 45.6 Å². The highest BCUT2D eigenvalue weighted by Crippen LogP contribution is 2.44. The van der Waals surface area contributed by atoms with Crippen molar-refractivity contribution in [3.8, 4) is 0 Å². The maximum Gasteiger partial charge on any atom is 0.412 e. The van der Waals surface area contributed by atoms with E-state index in [1.54, 1.807) is 26.8 Å². The smallest absolute Gasteiger partial charge is 0.412 e. The Bertz CT molecular complexity index is 527. The van der Waals surface area contributed by atoms with Crippen LogP contribution in [0, 0.1) is 5.82 Å². The number of nitrogens with one attached hydrogen (secondary N) is 1. The van der Waals surface area contributed by atoms with Crippen molar-refractivity contribution in [2.75, 3.05) is 11.9 Å². The Morgan fingerprint density at radius 3 is 2.57 bits per heavy atom. The molecule has 0 radical (unpaired) electrons. The highest BCUT2D eigenvalue weighted by molar-refractivity contribution is 5.85. The van der Waals surface area contributed by atoms with Crippen molar-refractivity contribution in [3.05, 3.63) is 29.6 Å². The van der Waals surface area contributed by atoms with Crippen LogP contribution in [0.15, 0.2) is 18.2 Å². The van der Waals surface area contributed by atoms with Gasteiger partial charge in [-0.15, -0.1) is 0 Å². The van der Waals surface area contributed by atoms with Gasteiger partial charge in [-0.25, -0.2) is 9.18 Å². The molecule has 0 unspecified atom stereocenters. The summed E-state index contributed by atoms with van der Waals surface area (Å²) in [5.41, 5.74) is -0.159. The monoisotopic (exact) mass is 295 g/mol. The Kier molecular flexibility index (Phi) is 4.23. The number of aliphatic hydroxyl groups excluding tert-OH is 1. The van der Waals surface area contributed by atoms with Crippen LogP contribution in [0.3, 0.4) is 0 Å². The van der Waals surface area contributed by atoms with Crippen LogP contribution in [0.4, 0.5) is 14.9 Å². The summed E-state index contributed by atoms with van der Waals surface area (Å²) in [6.07, 6.45) is 1.92. The van der Waals surface area contributed by atoms with Gasteiger partial charge in [0, 0.05) is 11.1 Å². The van der Waals surface area contributed by atoms with E-state index >= 15 is 0 Å². The van der Waals surface area contributed by atoms with E-state index < -0.39 is 17.1 Å². The van der Waals surface area contributed by atoms with Crippen molar-refractivity contribution in [1.82, 2.24) is 0 Å². The number of halogens is 1. The quantitative estimate of drug-likeness (QED) is 0.896. The Balaban J connectivity index is 2.17. The average molecular weight is 295 g/mol.